The molecule has 1 atom stereocenters. The SMILES string of the molecule is Cc1ccc(S(=O)(=O)/N=c2\ccc(C(=O)c3ccccc3)cn2C(C(N)=O)c2cccc(C(F)(F)F)c2)cc1. The summed E-state index contributed by atoms with van der Waals surface area (Å²) in [5, 5.41) is 0. The number of nitrogens with zero attached hydrogens (tertiary/aromatic N) is 2. The average molecular weight is 554 g/mol. The van der Waals surface area contributed by atoms with Crippen molar-refractivity contribution < 1.29 is 31.2 Å². The van der Waals surface area contributed by atoms with E-state index in [0.717, 1.165) is 34.5 Å². The molecular formula is C28H22F3N3O4S. The average Bonchev–Trinajstić information content (AvgIpc) is 2.89. The molecule has 1 aromatic heterocycles. The van der Waals surface area contributed by atoms with Crippen LogP contribution in [-0.4, -0.2) is 24.7 Å². The fourth-order valence-electron chi connectivity index (χ4n) is 3.92. The molecule has 0 aliphatic rings. The maximum absolute atomic E-state index is 13.4. The zero-order chi connectivity index (χ0) is 28.4. The highest BCUT2D eigenvalue weighted by molar-refractivity contribution is 7.90. The van der Waals surface area contributed by atoms with Crippen LogP contribution in [0.1, 0.15) is 38.7 Å². The lowest BCUT2D eigenvalue weighted by Crippen LogP contribution is -2.36. The molecule has 0 spiro atoms. The molecule has 4 rings (SSSR count). The second-order valence-electron chi connectivity index (χ2n) is 8.69. The summed E-state index contributed by atoms with van der Waals surface area (Å²) in [5.74, 6) is -1.56. The minimum atomic E-state index is -4.71. The summed E-state index contributed by atoms with van der Waals surface area (Å²) in [6, 6.07) is 18.8. The van der Waals surface area contributed by atoms with Crippen LogP contribution in [0.5, 0.6) is 0 Å². The van der Waals surface area contributed by atoms with Gasteiger partial charge in [0, 0.05) is 17.3 Å². The van der Waals surface area contributed by atoms with Crippen molar-refractivity contribution in [2.75, 3.05) is 0 Å². The smallest absolute Gasteiger partial charge is 0.368 e. The first kappa shape index (κ1) is 27.5. The van der Waals surface area contributed by atoms with Crippen LogP contribution < -0.4 is 11.2 Å². The van der Waals surface area contributed by atoms with Gasteiger partial charge in [-0.3, -0.25) is 9.59 Å². The lowest BCUT2D eigenvalue weighted by Gasteiger charge is -2.20. The van der Waals surface area contributed by atoms with Gasteiger partial charge in [-0.15, -0.1) is 4.40 Å². The predicted octanol–water partition coefficient (Wildman–Crippen LogP) is 4.41. The van der Waals surface area contributed by atoms with Crippen molar-refractivity contribution in [3.05, 3.63) is 130 Å². The van der Waals surface area contributed by atoms with Gasteiger partial charge in [-0.05, 0) is 48.9 Å². The minimum absolute atomic E-state index is 0.0334. The summed E-state index contributed by atoms with van der Waals surface area (Å²) >= 11 is 0. The summed E-state index contributed by atoms with van der Waals surface area (Å²) in [6.07, 6.45) is -3.55. The van der Waals surface area contributed by atoms with E-state index in [-0.39, 0.29) is 21.5 Å². The van der Waals surface area contributed by atoms with E-state index in [0.29, 0.717) is 5.56 Å². The molecular weight excluding hydrogens is 531 g/mol. The topological polar surface area (TPSA) is 112 Å². The molecule has 3 aromatic carbocycles. The Morgan fingerprint density at radius 1 is 0.872 bits per heavy atom. The van der Waals surface area contributed by atoms with E-state index in [1.807, 2.05) is 0 Å². The molecule has 1 heterocycles. The summed E-state index contributed by atoms with van der Waals surface area (Å²) < 4.78 is 71.4. The number of nitrogens with two attached hydrogens (primary N) is 1. The lowest BCUT2D eigenvalue weighted by molar-refractivity contribution is -0.137. The third kappa shape index (κ3) is 6.15. The van der Waals surface area contributed by atoms with Gasteiger partial charge in [0.2, 0.25) is 5.91 Å². The summed E-state index contributed by atoms with van der Waals surface area (Å²) in [7, 11) is -4.32. The van der Waals surface area contributed by atoms with Gasteiger partial charge in [0.15, 0.2) is 5.78 Å². The molecule has 39 heavy (non-hydrogen) atoms. The van der Waals surface area contributed by atoms with Crippen LogP contribution in [0.15, 0.2) is 106 Å². The zero-order valence-electron chi connectivity index (χ0n) is 20.5. The van der Waals surface area contributed by atoms with Crippen LogP contribution in [-0.2, 0) is 21.0 Å². The van der Waals surface area contributed by atoms with Crippen LogP contribution >= 0.6 is 0 Å². The highest BCUT2D eigenvalue weighted by Gasteiger charge is 2.32. The molecule has 0 bridgehead atoms. The number of halogens is 3. The van der Waals surface area contributed by atoms with Gasteiger partial charge in [-0.25, -0.2) is 0 Å². The number of benzene rings is 3. The second-order valence-corrected chi connectivity index (χ2v) is 10.3. The Kier molecular flexibility index (Phi) is 7.55. The Bertz CT molecular complexity index is 1710. The van der Waals surface area contributed by atoms with Gasteiger partial charge in [0.1, 0.15) is 11.5 Å². The number of aryl methyl sites for hydroxylation is 1. The standard InChI is InChI=1S/C28H22F3N3O4S/c1-18-10-13-23(14-11-18)39(37,38)33-24-15-12-21(26(35)19-6-3-2-4-7-19)17-34(24)25(27(32)36)20-8-5-9-22(16-20)28(29,30)31/h2-17,25H,1H3,(H2,32,36)/b33-24+. The van der Waals surface area contributed by atoms with Gasteiger partial charge >= 0.3 is 6.18 Å². The number of primary amides is 1. The van der Waals surface area contributed by atoms with Crippen LogP contribution in [0.2, 0.25) is 0 Å². The molecule has 7 nitrogen and oxygen atoms in total. The summed E-state index contributed by atoms with van der Waals surface area (Å²) in [6.45, 7) is 1.77. The van der Waals surface area contributed by atoms with Crippen LogP contribution in [0, 0.1) is 6.92 Å². The van der Waals surface area contributed by atoms with E-state index in [4.69, 9.17) is 5.73 Å². The third-order valence-electron chi connectivity index (χ3n) is 5.86. The van der Waals surface area contributed by atoms with Crippen molar-refractivity contribution in [1.82, 2.24) is 4.57 Å². The van der Waals surface area contributed by atoms with Gasteiger partial charge in [-0.2, -0.15) is 21.6 Å². The number of ketones is 1. The molecule has 11 heteroatoms. The van der Waals surface area contributed by atoms with E-state index < -0.39 is 39.5 Å². The monoisotopic (exact) mass is 553 g/mol. The summed E-state index contributed by atoms with van der Waals surface area (Å²) in [4.78, 5) is 25.7. The van der Waals surface area contributed by atoms with E-state index in [9.17, 15) is 31.2 Å². The predicted molar refractivity (Wildman–Crippen MR) is 137 cm³/mol. The van der Waals surface area contributed by atoms with Gasteiger partial charge < -0.3 is 10.3 Å². The number of hydrogen-bond acceptors (Lipinski definition) is 4. The fraction of sp³-hybridized carbons (Fsp3) is 0.107. The first-order valence-corrected chi connectivity index (χ1v) is 13.0. The van der Waals surface area contributed by atoms with Gasteiger partial charge in [-0.1, -0.05) is 60.2 Å². The van der Waals surface area contributed by atoms with E-state index in [1.54, 1.807) is 49.4 Å². The molecule has 0 radical (unpaired) electrons. The maximum Gasteiger partial charge on any atom is 0.416 e. The van der Waals surface area contributed by atoms with Gasteiger partial charge in [0.25, 0.3) is 10.0 Å². The molecule has 0 fully saturated rings. The molecule has 0 aliphatic carbocycles. The van der Waals surface area contributed by atoms with Crippen LogP contribution in [0.4, 0.5) is 13.2 Å². The minimum Gasteiger partial charge on any atom is -0.368 e. The van der Waals surface area contributed by atoms with E-state index in [2.05, 4.69) is 4.40 Å². The number of carbonyl (C=O) groups is 2. The Balaban J connectivity index is 1.97. The Morgan fingerprint density at radius 3 is 2.15 bits per heavy atom. The second kappa shape index (κ2) is 10.7. The van der Waals surface area contributed by atoms with Crippen molar-refractivity contribution in [2.24, 2.45) is 10.1 Å². The number of rotatable bonds is 7. The largest absolute Gasteiger partial charge is 0.416 e. The Morgan fingerprint density at radius 2 is 1.54 bits per heavy atom. The molecule has 0 saturated carbocycles. The number of aromatic nitrogens is 1. The van der Waals surface area contributed by atoms with E-state index in [1.165, 1.54) is 30.3 Å². The van der Waals surface area contributed by atoms with Crippen molar-refractivity contribution in [1.29, 1.82) is 0 Å². The van der Waals surface area contributed by atoms with Crippen molar-refractivity contribution in [3.8, 4) is 0 Å². The molecule has 1 unspecified atom stereocenters. The third-order valence-corrected chi connectivity index (χ3v) is 7.16. The molecule has 0 saturated heterocycles. The number of carbonyl (C=O) groups excluding carboxylic acids is 2. The van der Waals surface area contributed by atoms with E-state index >= 15 is 0 Å². The van der Waals surface area contributed by atoms with Crippen LogP contribution in [0.3, 0.4) is 0 Å². The van der Waals surface area contributed by atoms with Crippen molar-refractivity contribution in [2.45, 2.75) is 24.0 Å². The zero-order valence-corrected chi connectivity index (χ0v) is 21.3. The number of alkyl halides is 3. The molecule has 4 aromatic rings. The van der Waals surface area contributed by atoms with Crippen LogP contribution in [0.25, 0.3) is 0 Å². The summed E-state index contributed by atoms with van der Waals surface area (Å²) in [5.41, 5.74) is 5.26. The van der Waals surface area contributed by atoms with Crippen molar-refractivity contribution in [3.63, 3.8) is 0 Å². The van der Waals surface area contributed by atoms with Crippen molar-refractivity contribution >= 4 is 21.7 Å². The normalized spacial score (nSPS) is 13.2. The molecule has 1 amide bonds. The Hall–Kier alpha value is -4.51. The highest BCUT2D eigenvalue weighted by Crippen LogP contribution is 2.31. The molecule has 200 valence electrons. The molecule has 0 aliphatic heterocycles. The number of amides is 1. The number of hydrogen-bond donors (Lipinski definition) is 1. The first-order valence-electron chi connectivity index (χ1n) is 11.5. The number of sulfonamides is 1. The maximum atomic E-state index is 13.4. The fourth-order valence-corrected chi connectivity index (χ4v) is 4.90. The number of pyridine rings is 1. The van der Waals surface area contributed by atoms with Gasteiger partial charge in [0.05, 0.1) is 10.5 Å². The molecule has 2 N–H and O–H groups in total. The lowest BCUT2D eigenvalue weighted by atomic mass is 10.0. The highest BCUT2D eigenvalue weighted by atomic mass is 32.2. The Labute approximate surface area is 222 Å². The quantitative estimate of drug-likeness (QED) is 0.342. The first-order chi connectivity index (χ1) is 18.4.